The highest BCUT2D eigenvalue weighted by molar-refractivity contribution is 7.89. The SMILES string of the molecule is CCCN(CC1CC1)S(=O)(=O)c1ccc(C#N)cc1Cl. The molecule has 20 heavy (non-hydrogen) atoms. The molecule has 0 N–H and O–H groups in total. The average molecular weight is 313 g/mol. The minimum Gasteiger partial charge on any atom is -0.207 e. The summed E-state index contributed by atoms with van der Waals surface area (Å²) in [4.78, 5) is 0.0901. The first kappa shape index (κ1) is 15.3. The van der Waals surface area contributed by atoms with Crippen LogP contribution in [-0.2, 0) is 10.0 Å². The molecule has 1 fully saturated rings. The third kappa shape index (κ3) is 3.32. The predicted octanol–water partition coefficient (Wildman–Crippen LogP) is 3.02. The normalized spacial score (nSPS) is 15.3. The van der Waals surface area contributed by atoms with E-state index < -0.39 is 10.0 Å². The Balaban J connectivity index is 2.33. The van der Waals surface area contributed by atoms with Crippen molar-refractivity contribution in [1.82, 2.24) is 4.31 Å². The molecule has 6 heteroatoms. The molecule has 1 aliphatic rings. The predicted molar refractivity (Wildman–Crippen MR) is 77.9 cm³/mol. The largest absolute Gasteiger partial charge is 0.244 e. The Bertz CT molecular complexity index is 633. The first-order valence-electron chi connectivity index (χ1n) is 6.68. The van der Waals surface area contributed by atoms with Crippen molar-refractivity contribution in [3.05, 3.63) is 28.8 Å². The molecule has 1 aromatic carbocycles. The molecule has 0 bridgehead atoms. The van der Waals surface area contributed by atoms with Crippen molar-refractivity contribution in [3.63, 3.8) is 0 Å². The van der Waals surface area contributed by atoms with Crippen LogP contribution in [0.4, 0.5) is 0 Å². The Morgan fingerprint density at radius 3 is 2.65 bits per heavy atom. The van der Waals surface area contributed by atoms with Gasteiger partial charge in [0.2, 0.25) is 10.0 Å². The van der Waals surface area contributed by atoms with E-state index in [2.05, 4.69) is 0 Å². The quantitative estimate of drug-likeness (QED) is 0.811. The summed E-state index contributed by atoms with van der Waals surface area (Å²) in [7, 11) is -3.58. The molecule has 1 aliphatic carbocycles. The van der Waals surface area contributed by atoms with Crippen LogP contribution in [0.3, 0.4) is 0 Å². The average Bonchev–Trinajstić information content (AvgIpc) is 3.21. The molecular formula is C14H17ClN2O2S. The van der Waals surface area contributed by atoms with E-state index in [9.17, 15) is 8.42 Å². The summed E-state index contributed by atoms with van der Waals surface area (Å²) >= 11 is 6.03. The van der Waals surface area contributed by atoms with E-state index >= 15 is 0 Å². The molecule has 4 nitrogen and oxygen atoms in total. The van der Waals surface area contributed by atoms with E-state index in [0.29, 0.717) is 24.6 Å². The van der Waals surface area contributed by atoms with Gasteiger partial charge in [0, 0.05) is 13.1 Å². The second kappa shape index (κ2) is 6.13. The molecule has 108 valence electrons. The number of hydrogen-bond acceptors (Lipinski definition) is 3. The topological polar surface area (TPSA) is 61.2 Å². The molecule has 0 spiro atoms. The smallest absolute Gasteiger partial charge is 0.207 e. The van der Waals surface area contributed by atoms with Crippen molar-refractivity contribution >= 4 is 21.6 Å². The zero-order valence-corrected chi connectivity index (χ0v) is 12.9. The zero-order valence-electron chi connectivity index (χ0n) is 11.3. The first-order valence-corrected chi connectivity index (χ1v) is 8.50. The van der Waals surface area contributed by atoms with Gasteiger partial charge in [-0.2, -0.15) is 9.57 Å². The van der Waals surface area contributed by atoms with Crippen molar-refractivity contribution in [2.75, 3.05) is 13.1 Å². The maximum atomic E-state index is 12.7. The second-order valence-electron chi connectivity index (χ2n) is 5.06. The summed E-state index contributed by atoms with van der Waals surface area (Å²) in [6, 6.07) is 6.26. The van der Waals surface area contributed by atoms with Gasteiger partial charge in [-0.25, -0.2) is 8.42 Å². The van der Waals surface area contributed by atoms with Crippen molar-refractivity contribution < 1.29 is 8.42 Å². The second-order valence-corrected chi connectivity index (χ2v) is 7.38. The summed E-state index contributed by atoms with van der Waals surface area (Å²) < 4.78 is 26.8. The Labute approximate surface area is 125 Å². The third-order valence-electron chi connectivity index (χ3n) is 3.31. The molecule has 1 aromatic rings. The number of rotatable bonds is 6. The van der Waals surface area contributed by atoms with Gasteiger partial charge in [-0.05, 0) is 43.4 Å². The molecule has 0 aliphatic heterocycles. The van der Waals surface area contributed by atoms with Crippen LogP contribution in [-0.4, -0.2) is 25.8 Å². The molecular weight excluding hydrogens is 296 g/mol. The van der Waals surface area contributed by atoms with Crippen molar-refractivity contribution in [1.29, 1.82) is 5.26 Å². The fourth-order valence-corrected chi connectivity index (χ4v) is 4.19. The van der Waals surface area contributed by atoms with E-state index in [1.54, 1.807) is 0 Å². The molecule has 0 amide bonds. The molecule has 1 saturated carbocycles. The number of nitriles is 1. The monoisotopic (exact) mass is 312 g/mol. The summed E-state index contributed by atoms with van der Waals surface area (Å²) in [5.41, 5.74) is 0.359. The number of hydrogen-bond donors (Lipinski definition) is 0. The van der Waals surface area contributed by atoms with Crippen molar-refractivity contribution in [2.24, 2.45) is 5.92 Å². The van der Waals surface area contributed by atoms with Crippen LogP contribution in [0.15, 0.2) is 23.1 Å². The maximum Gasteiger partial charge on any atom is 0.244 e. The van der Waals surface area contributed by atoms with Gasteiger partial charge in [-0.1, -0.05) is 18.5 Å². The fraction of sp³-hybridized carbons (Fsp3) is 0.500. The molecule has 0 atom stereocenters. The lowest BCUT2D eigenvalue weighted by Gasteiger charge is -2.22. The summed E-state index contributed by atoms with van der Waals surface area (Å²) in [6.45, 7) is 3.01. The van der Waals surface area contributed by atoms with Gasteiger partial charge in [0.1, 0.15) is 4.90 Å². The number of benzene rings is 1. The molecule has 0 aromatic heterocycles. The van der Waals surface area contributed by atoms with Crippen LogP contribution >= 0.6 is 11.6 Å². The van der Waals surface area contributed by atoms with Crippen molar-refractivity contribution in [3.8, 4) is 6.07 Å². The Hall–Kier alpha value is -1.09. The van der Waals surface area contributed by atoms with Crippen molar-refractivity contribution in [2.45, 2.75) is 31.1 Å². The van der Waals surface area contributed by atoms with Gasteiger partial charge in [-0.15, -0.1) is 0 Å². The maximum absolute atomic E-state index is 12.7. The minimum absolute atomic E-state index is 0.0901. The highest BCUT2D eigenvalue weighted by atomic mass is 35.5. The van der Waals surface area contributed by atoms with Crippen LogP contribution in [0.2, 0.25) is 5.02 Å². The molecule has 2 rings (SSSR count). The number of halogens is 1. The minimum atomic E-state index is -3.58. The van der Waals surface area contributed by atoms with Crippen LogP contribution in [0.25, 0.3) is 0 Å². The molecule has 0 unspecified atom stereocenters. The van der Waals surface area contributed by atoms with Gasteiger partial charge in [0.25, 0.3) is 0 Å². The standard InChI is InChI=1S/C14H17ClN2O2S/c1-2-7-17(10-11-3-4-11)20(18,19)14-6-5-12(9-16)8-13(14)15/h5-6,8,11H,2-4,7,10H2,1H3. The van der Waals surface area contributed by atoms with E-state index in [1.807, 2.05) is 13.0 Å². The lowest BCUT2D eigenvalue weighted by molar-refractivity contribution is 0.395. The Kier molecular flexibility index (Phi) is 4.69. The first-order chi connectivity index (χ1) is 9.48. The van der Waals surface area contributed by atoms with E-state index in [-0.39, 0.29) is 9.92 Å². The summed E-state index contributed by atoms with van der Waals surface area (Å²) in [5, 5.41) is 8.92. The fourth-order valence-electron chi connectivity index (χ4n) is 2.07. The van der Waals surface area contributed by atoms with Gasteiger partial charge in [-0.3, -0.25) is 0 Å². The van der Waals surface area contributed by atoms with Crippen LogP contribution < -0.4 is 0 Å². The molecule has 0 heterocycles. The van der Waals surface area contributed by atoms with E-state index in [4.69, 9.17) is 16.9 Å². The van der Waals surface area contributed by atoms with Gasteiger partial charge in [0.15, 0.2) is 0 Å². The number of sulfonamides is 1. The third-order valence-corrected chi connectivity index (χ3v) is 5.66. The van der Waals surface area contributed by atoms with Crippen LogP contribution in [0.1, 0.15) is 31.7 Å². The molecule has 0 saturated heterocycles. The number of nitrogens with zero attached hydrogens (tertiary/aromatic N) is 2. The highest BCUT2D eigenvalue weighted by Gasteiger charge is 2.32. The van der Waals surface area contributed by atoms with Gasteiger partial charge >= 0.3 is 0 Å². The van der Waals surface area contributed by atoms with Gasteiger partial charge < -0.3 is 0 Å². The van der Waals surface area contributed by atoms with E-state index in [1.165, 1.54) is 22.5 Å². The van der Waals surface area contributed by atoms with Gasteiger partial charge in [0.05, 0.1) is 16.7 Å². The summed E-state index contributed by atoms with van der Waals surface area (Å²) in [6.07, 6.45) is 2.95. The lowest BCUT2D eigenvalue weighted by atomic mass is 10.2. The van der Waals surface area contributed by atoms with Crippen LogP contribution in [0.5, 0.6) is 0 Å². The van der Waals surface area contributed by atoms with E-state index in [0.717, 1.165) is 19.3 Å². The Morgan fingerprint density at radius 1 is 1.45 bits per heavy atom. The summed E-state index contributed by atoms with van der Waals surface area (Å²) in [5.74, 6) is 0.480. The zero-order chi connectivity index (χ0) is 14.8. The highest BCUT2D eigenvalue weighted by Crippen LogP contribution is 2.33. The van der Waals surface area contributed by atoms with Crippen LogP contribution in [0, 0.1) is 17.2 Å². The lowest BCUT2D eigenvalue weighted by Crippen LogP contribution is -2.33. The molecule has 0 radical (unpaired) electrons. The Morgan fingerprint density at radius 2 is 2.15 bits per heavy atom.